The summed E-state index contributed by atoms with van der Waals surface area (Å²) in [6.45, 7) is 8.00. The fourth-order valence-corrected chi connectivity index (χ4v) is 3.04. The molecule has 1 fully saturated rings. The number of nitrogens with zero attached hydrogens (tertiary/aromatic N) is 2. The maximum absolute atomic E-state index is 13.2. The molecule has 4 nitrogen and oxygen atoms in total. The molecular formula is C21H31Cl2F2N3O. The molecular weight excluding hydrogens is 419 g/mol. The average molecular weight is 450 g/mol. The van der Waals surface area contributed by atoms with Crippen molar-refractivity contribution in [2.45, 2.75) is 13.3 Å². The third-order valence-electron chi connectivity index (χ3n) is 4.34. The van der Waals surface area contributed by atoms with Gasteiger partial charge in [0.15, 0.2) is 0 Å². The summed E-state index contributed by atoms with van der Waals surface area (Å²) in [5.74, 6) is -0.503. The second-order valence-electron chi connectivity index (χ2n) is 6.37. The van der Waals surface area contributed by atoms with Gasteiger partial charge in [0, 0.05) is 50.7 Å². The highest BCUT2D eigenvalue weighted by Gasteiger charge is 2.12. The van der Waals surface area contributed by atoms with Crippen LogP contribution in [0, 0.1) is 11.6 Å². The van der Waals surface area contributed by atoms with Crippen molar-refractivity contribution in [2.24, 2.45) is 0 Å². The number of piperazine rings is 1. The molecule has 0 bridgehead atoms. The van der Waals surface area contributed by atoms with E-state index < -0.39 is 0 Å². The van der Waals surface area contributed by atoms with Gasteiger partial charge in [-0.05, 0) is 68.4 Å². The highest BCUT2D eigenvalue weighted by molar-refractivity contribution is 5.85. The Hall–Kier alpha value is -1.44. The largest absolute Gasteiger partial charge is 0.397 e. The summed E-state index contributed by atoms with van der Waals surface area (Å²) < 4.78 is 26.4. The molecule has 0 unspecified atom stereocenters. The van der Waals surface area contributed by atoms with Crippen molar-refractivity contribution in [1.29, 1.82) is 0 Å². The van der Waals surface area contributed by atoms with E-state index in [0.717, 1.165) is 57.1 Å². The summed E-state index contributed by atoms with van der Waals surface area (Å²) in [6, 6.07) is 12.9. The van der Waals surface area contributed by atoms with Crippen LogP contribution in [-0.4, -0.2) is 55.9 Å². The molecule has 0 amide bonds. The zero-order valence-electron chi connectivity index (χ0n) is 16.7. The minimum atomic E-state index is -0.251. The number of hydrogen-bond donors (Lipinski definition) is 2. The van der Waals surface area contributed by atoms with Crippen molar-refractivity contribution in [1.82, 2.24) is 10.2 Å². The maximum Gasteiger partial charge on any atom is 0.123 e. The standard InChI is InChI=1S/C19H23F2N3.C2H6O.2ClH/c20-16-2-6-18(7-3-16)24(19-8-4-17(21)5-9-19)13-1-12-23-14-10-22-11-15-23;1-2-3;;/h2-9,22H,1,10-15H2;3H,2H2,1H3;2*1H. The minimum Gasteiger partial charge on any atom is -0.397 e. The topological polar surface area (TPSA) is 38.7 Å². The predicted molar refractivity (Wildman–Crippen MR) is 121 cm³/mol. The Balaban J connectivity index is 0.00000148. The second kappa shape index (κ2) is 15.4. The van der Waals surface area contributed by atoms with Gasteiger partial charge in [-0.2, -0.15) is 0 Å². The van der Waals surface area contributed by atoms with E-state index in [1.54, 1.807) is 31.2 Å². The van der Waals surface area contributed by atoms with Crippen molar-refractivity contribution in [3.63, 3.8) is 0 Å². The lowest BCUT2D eigenvalue weighted by molar-refractivity contribution is 0.240. The Morgan fingerprint density at radius 3 is 1.72 bits per heavy atom. The number of anilines is 2. The van der Waals surface area contributed by atoms with Crippen molar-refractivity contribution in [2.75, 3.05) is 50.8 Å². The van der Waals surface area contributed by atoms with Gasteiger partial charge in [0.2, 0.25) is 0 Å². The Morgan fingerprint density at radius 2 is 1.31 bits per heavy atom. The van der Waals surface area contributed by atoms with Crippen molar-refractivity contribution >= 4 is 36.2 Å². The number of aliphatic hydroxyl groups is 1. The van der Waals surface area contributed by atoms with Gasteiger partial charge in [-0.15, -0.1) is 24.8 Å². The van der Waals surface area contributed by atoms with Crippen molar-refractivity contribution < 1.29 is 13.9 Å². The van der Waals surface area contributed by atoms with Crippen LogP contribution in [0.5, 0.6) is 0 Å². The molecule has 8 heteroatoms. The van der Waals surface area contributed by atoms with Crippen LogP contribution < -0.4 is 10.2 Å². The van der Waals surface area contributed by atoms with Crippen LogP contribution in [0.25, 0.3) is 0 Å². The van der Waals surface area contributed by atoms with Gasteiger partial charge >= 0.3 is 0 Å². The van der Waals surface area contributed by atoms with E-state index >= 15 is 0 Å². The number of benzene rings is 2. The highest BCUT2D eigenvalue weighted by Crippen LogP contribution is 2.26. The second-order valence-corrected chi connectivity index (χ2v) is 6.37. The predicted octanol–water partition coefficient (Wildman–Crippen LogP) is 4.24. The molecule has 29 heavy (non-hydrogen) atoms. The molecule has 0 saturated carbocycles. The monoisotopic (exact) mass is 449 g/mol. The van der Waals surface area contributed by atoms with Crippen LogP contribution in [0.2, 0.25) is 0 Å². The summed E-state index contributed by atoms with van der Waals surface area (Å²) in [5, 5.41) is 10.9. The van der Waals surface area contributed by atoms with Gasteiger partial charge in [0.05, 0.1) is 0 Å². The lowest BCUT2D eigenvalue weighted by Crippen LogP contribution is -2.44. The summed E-state index contributed by atoms with van der Waals surface area (Å²) in [6.07, 6.45) is 0.995. The number of aliphatic hydroxyl groups excluding tert-OH is 1. The zero-order valence-corrected chi connectivity index (χ0v) is 18.3. The third kappa shape index (κ3) is 9.74. The van der Waals surface area contributed by atoms with E-state index in [4.69, 9.17) is 5.11 Å². The maximum atomic E-state index is 13.2. The highest BCUT2D eigenvalue weighted by atomic mass is 35.5. The summed E-state index contributed by atoms with van der Waals surface area (Å²) in [4.78, 5) is 4.56. The number of halogens is 4. The first-order chi connectivity index (χ1) is 13.1. The average Bonchev–Trinajstić information content (AvgIpc) is 2.69. The van der Waals surface area contributed by atoms with Crippen LogP contribution in [-0.2, 0) is 0 Å². The molecule has 1 heterocycles. The molecule has 2 aromatic rings. The molecule has 0 aliphatic carbocycles. The lowest BCUT2D eigenvalue weighted by Gasteiger charge is -2.29. The molecule has 1 aliphatic heterocycles. The quantitative estimate of drug-likeness (QED) is 0.691. The normalized spacial score (nSPS) is 13.4. The number of rotatable bonds is 6. The molecule has 1 saturated heterocycles. The van der Waals surface area contributed by atoms with Crippen LogP contribution in [0.4, 0.5) is 20.2 Å². The van der Waals surface area contributed by atoms with Gasteiger partial charge in [-0.3, -0.25) is 0 Å². The van der Waals surface area contributed by atoms with Crippen LogP contribution in [0.3, 0.4) is 0 Å². The Bertz CT molecular complexity index is 608. The van der Waals surface area contributed by atoms with E-state index in [1.165, 1.54) is 24.3 Å². The SMILES string of the molecule is CCO.Cl.Cl.Fc1ccc(N(CCCN2CCNCC2)c2ccc(F)cc2)cc1. The van der Waals surface area contributed by atoms with Gasteiger partial charge in [0.25, 0.3) is 0 Å². The molecule has 0 spiro atoms. The van der Waals surface area contributed by atoms with Crippen LogP contribution >= 0.6 is 24.8 Å². The summed E-state index contributed by atoms with van der Waals surface area (Å²) >= 11 is 0. The zero-order chi connectivity index (χ0) is 19.5. The smallest absolute Gasteiger partial charge is 0.123 e. The summed E-state index contributed by atoms with van der Waals surface area (Å²) in [7, 11) is 0. The fourth-order valence-electron chi connectivity index (χ4n) is 3.04. The molecule has 2 aromatic carbocycles. The Labute approximate surface area is 184 Å². The molecule has 0 aromatic heterocycles. The first kappa shape index (κ1) is 27.6. The Kier molecular flexibility index (Phi) is 14.6. The van der Waals surface area contributed by atoms with E-state index in [1.807, 2.05) is 0 Å². The minimum absolute atomic E-state index is 0. The molecule has 0 atom stereocenters. The lowest BCUT2D eigenvalue weighted by atomic mass is 10.2. The molecule has 2 N–H and O–H groups in total. The van der Waals surface area contributed by atoms with Crippen molar-refractivity contribution in [3.05, 3.63) is 60.2 Å². The molecule has 164 valence electrons. The number of nitrogens with one attached hydrogen (secondary N) is 1. The van der Waals surface area contributed by atoms with E-state index in [0.29, 0.717) is 0 Å². The van der Waals surface area contributed by atoms with Gasteiger partial charge < -0.3 is 20.2 Å². The van der Waals surface area contributed by atoms with E-state index in [9.17, 15) is 8.78 Å². The Morgan fingerprint density at radius 1 is 0.897 bits per heavy atom. The van der Waals surface area contributed by atoms with Gasteiger partial charge in [-0.25, -0.2) is 8.78 Å². The van der Waals surface area contributed by atoms with Gasteiger partial charge in [0.1, 0.15) is 11.6 Å². The van der Waals surface area contributed by atoms with Crippen LogP contribution in [0.1, 0.15) is 13.3 Å². The van der Waals surface area contributed by atoms with Gasteiger partial charge in [-0.1, -0.05) is 0 Å². The molecule has 1 aliphatic rings. The fraction of sp³-hybridized carbons (Fsp3) is 0.429. The first-order valence-electron chi connectivity index (χ1n) is 9.46. The van der Waals surface area contributed by atoms with E-state index in [-0.39, 0.29) is 43.1 Å². The van der Waals surface area contributed by atoms with Crippen molar-refractivity contribution in [3.8, 4) is 0 Å². The first-order valence-corrected chi connectivity index (χ1v) is 9.46. The third-order valence-corrected chi connectivity index (χ3v) is 4.34. The van der Waals surface area contributed by atoms with Crippen LogP contribution in [0.15, 0.2) is 48.5 Å². The molecule has 0 radical (unpaired) electrons. The summed E-state index contributed by atoms with van der Waals surface area (Å²) in [5.41, 5.74) is 1.84. The number of hydrogen-bond acceptors (Lipinski definition) is 4. The van der Waals surface area contributed by atoms with E-state index in [2.05, 4.69) is 15.1 Å². The molecule has 3 rings (SSSR count).